The lowest BCUT2D eigenvalue weighted by Crippen LogP contribution is -2.10. The topological polar surface area (TPSA) is 68.0 Å². The Morgan fingerprint density at radius 1 is 0.960 bits per heavy atom. The van der Waals surface area contributed by atoms with Crippen LogP contribution in [0.3, 0.4) is 0 Å². The molecular formula is C19H13N5O. The minimum atomic E-state index is -0.167. The van der Waals surface area contributed by atoms with Gasteiger partial charge in [-0.1, -0.05) is 30.3 Å². The minimum Gasteiger partial charge on any atom is -0.319 e. The molecule has 3 aromatic heterocycles. The Kier molecular flexibility index (Phi) is 2.84. The molecule has 0 saturated heterocycles. The van der Waals surface area contributed by atoms with Crippen LogP contribution in [-0.4, -0.2) is 24.1 Å². The van der Waals surface area contributed by atoms with Crippen LogP contribution in [0.15, 0.2) is 78.0 Å². The van der Waals surface area contributed by atoms with E-state index in [2.05, 4.69) is 15.1 Å². The molecule has 5 aromatic rings. The van der Waals surface area contributed by atoms with Crippen LogP contribution in [0.1, 0.15) is 0 Å². The Morgan fingerprint density at radius 2 is 1.84 bits per heavy atom. The minimum absolute atomic E-state index is 0.167. The third kappa shape index (κ3) is 2.08. The molecule has 1 N–H and O–H groups in total. The monoisotopic (exact) mass is 327 g/mol. The van der Waals surface area contributed by atoms with Crippen molar-refractivity contribution in [1.82, 2.24) is 24.1 Å². The summed E-state index contributed by atoms with van der Waals surface area (Å²) in [5, 5.41) is 4.24. The second-order valence-corrected chi connectivity index (χ2v) is 5.77. The van der Waals surface area contributed by atoms with Crippen molar-refractivity contribution in [2.75, 3.05) is 0 Å². The first-order valence-corrected chi connectivity index (χ1v) is 7.90. The van der Waals surface area contributed by atoms with Gasteiger partial charge in [0.1, 0.15) is 11.3 Å². The second-order valence-electron chi connectivity index (χ2n) is 5.77. The Balaban J connectivity index is 1.85. The van der Waals surface area contributed by atoms with Gasteiger partial charge in [-0.05, 0) is 24.3 Å². The fourth-order valence-electron chi connectivity index (χ4n) is 3.12. The van der Waals surface area contributed by atoms with Gasteiger partial charge in [-0.15, -0.1) is 0 Å². The summed E-state index contributed by atoms with van der Waals surface area (Å²) < 4.78 is 3.66. The fourth-order valence-corrected chi connectivity index (χ4v) is 3.12. The number of fused-ring (bicyclic) bond motifs is 3. The molecule has 5 rings (SSSR count). The molecule has 0 aliphatic carbocycles. The molecule has 25 heavy (non-hydrogen) atoms. The van der Waals surface area contributed by atoms with Gasteiger partial charge in [-0.3, -0.25) is 9.20 Å². The Bertz CT molecular complexity index is 1250. The summed E-state index contributed by atoms with van der Waals surface area (Å²) in [6.45, 7) is 0. The highest BCUT2D eigenvalue weighted by molar-refractivity contribution is 5.82. The number of H-pyrrole nitrogens is 1. The zero-order valence-electron chi connectivity index (χ0n) is 13.1. The molecule has 0 aliphatic rings. The van der Waals surface area contributed by atoms with E-state index in [1.54, 1.807) is 17.1 Å². The normalized spacial score (nSPS) is 11.4. The number of rotatable bonds is 2. The standard InChI is InChI=1S/C19H13N5O/c25-19-17-12-20-18(13-5-2-1-3-6-13)24(17)16-8-7-14(11-15(16)22-19)23-10-4-9-21-23/h1-12H,(H,22,25). The Labute approximate surface area is 142 Å². The van der Waals surface area contributed by atoms with Gasteiger partial charge in [0.25, 0.3) is 5.56 Å². The first kappa shape index (κ1) is 13.7. The number of aromatic amines is 1. The molecule has 0 unspecified atom stereocenters. The number of nitrogens with zero attached hydrogens (tertiary/aromatic N) is 4. The number of benzene rings is 2. The molecular weight excluding hydrogens is 314 g/mol. The Morgan fingerprint density at radius 3 is 2.64 bits per heavy atom. The van der Waals surface area contributed by atoms with Gasteiger partial charge in [-0.2, -0.15) is 5.10 Å². The van der Waals surface area contributed by atoms with E-state index < -0.39 is 0 Å². The summed E-state index contributed by atoms with van der Waals surface area (Å²) >= 11 is 0. The van der Waals surface area contributed by atoms with Gasteiger partial charge in [0.2, 0.25) is 0 Å². The van der Waals surface area contributed by atoms with Crippen molar-refractivity contribution in [3.05, 3.63) is 83.5 Å². The van der Waals surface area contributed by atoms with E-state index in [0.717, 1.165) is 28.1 Å². The molecule has 2 aromatic carbocycles. The van der Waals surface area contributed by atoms with Crippen molar-refractivity contribution in [1.29, 1.82) is 0 Å². The number of hydrogen-bond acceptors (Lipinski definition) is 3. The molecule has 0 fully saturated rings. The van der Waals surface area contributed by atoms with Gasteiger partial charge in [-0.25, -0.2) is 9.67 Å². The van der Waals surface area contributed by atoms with Crippen molar-refractivity contribution in [2.24, 2.45) is 0 Å². The van der Waals surface area contributed by atoms with Gasteiger partial charge >= 0.3 is 0 Å². The lowest BCUT2D eigenvalue weighted by molar-refractivity contribution is 0.881. The maximum atomic E-state index is 12.5. The van der Waals surface area contributed by atoms with Crippen molar-refractivity contribution < 1.29 is 0 Å². The van der Waals surface area contributed by atoms with Crippen LogP contribution >= 0.6 is 0 Å². The largest absolute Gasteiger partial charge is 0.319 e. The van der Waals surface area contributed by atoms with Crippen molar-refractivity contribution in [3.8, 4) is 17.1 Å². The molecule has 6 nitrogen and oxygen atoms in total. The van der Waals surface area contributed by atoms with Crippen LogP contribution in [0.5, 0.6) is 0 Å². The first-order chi connectivity index (χ1) is 12.3. The molecule has 120 valence electrons. The molecule has 0 bridgehead atoms. The van der Waals surface area contributed by atoms with E-state index >= 15 is 0 Å². The van der Waals surface area contributed by atoms with Gasteiger partial charge in [0.15, 0.2) is 0 Å². The second kappa shape index (κ2) is 5.17. The van der Waals surface area contributed by atoms with Crippen LogP contribution < -0.4 is 5.56 Å². The summed E-state index contributed by atoms with van der Waals surface area (Å²) in [5.41, 5.74) is 3.83. The van der Waals surface area contributed by atoms with E-state index in [1.165, 1.54) is 0 Å². The van der Waals surface area contributed by atoms with E-state index in [1.807, 2.05) is 65.2 Å². The van der Waals surface area contributed by atoms with Crippen LogP contribution in [0.25, 0.3) is 33.6 Å². The molecule has 6 heteroatoms. The highest BCUT2D eigenvalue weighted by Gasteiger charge is 2.13. The maximum absolute atomic E-state index is 12.5. The van der Waals surface area contributed by atoms with Gasteiger partial charge in [0.05, 0.1) is 22.9 Å². The van der Waals surface area contributed by atoms with E-state index in [4.69, 9.17) is 0 Å². The third-order valence-corrected chi connectivity index (χ3v) is 4.26. The number of aromatic nitrogens is 5. The van der Waals surface area contributed by atoms with E-state index in [9.17, 15) is 4.79 Å². The zero-order valence-corrected chi connectivity index (χ0v) is 13.1. The van der Waals surface area contributed by atoms with E-state index in [0.29, 0.717) is 5.52 Å². The van der Waals surface area contributed by atoms with E-state index in [-0.39, 0.29) is 5.56 Å². The van der Waals surface area contributed by atoms with Crippen LogP contribution in [0, 0.1) is 0 Å². The average molecular weight is 327 g/mol. The van der Waals surface area contributed by atoms with Crippen LogP contribution in [-0.2, 0) is 0 Å². The summed E-state index contributed by atoms with van der Waals surface area (Å²) in [7, 11) is 0. The highest BCUT2D eigenvalue weighted by atomic mass is 16.1. The molecule has 0 atom stereocenters. The van der Waals surface area contributed by atoms with Crippen molar-refractivity contribution >= 4 is 16.6 Å². The molecule has 0 saturated carbocycles. The zero-order chi connectivity index (χ0) is 16.8. The Hall–Kier alpha value is -3.67. The summed E-state index contributed by atoms with van der Waals surface area (Å²) in [6, 6.07) is 17.6. The molecule has 0 amide bonds. The quantitative estimate of drug-likeness (QED) is 0.542. The SMILES string of the molecule is O=c1[nH]c2cc(-n3cccn3)ccc2n2c(-c3ccccc3)ncc12. The van der Waals surface area contributed by atoms with Crippen molar-refractivity contribution in [3.63, 3.8) is 0 Å². The predicted octanol–water partition coefficient (Wildman–Crippen LogP) is 3.03. The molecule has 3 heterocycles. The summed E-state index contributed by atoms with van der Waals surface area (Å²) in [6.07, 6.45) is 5.20. The first-order valence-electron chi connectivity index (χ1n) is 7.90. The fraction of sp³-hybridized carbons (Fsp3) is 0. The molecule has 0 spiro atoms. The number of imidazole rings is 1. The van der Waals surface area contributed by atoms with Crippen molar-refractivity contribution in [2.45, 2.75) is 0 Å². The third-order valence-electron chi connectivity index (χ3n) is 4.26. The highest BCUT2D eigenvalue weighted by Crippen LogP contribution is 2.23. The van der Waals surface area contributed by atoms with Gasteiger partial charge in [0, 0.05) is 18.0 Å². The number of hydrogen-bond donors (Lipinski definition) is 1. The van der Waals surface area contributed by atoms with Gasteiger partial charge < -0.3 is 4.98 Å². The average Bonchev–Trinajstić information content (AvgIpc) is 3.32. The lowest BCUT2D eigenvalue weighted by atomic mass is 10.2. The van der Waals surface area contributed by atoms with Crippen LogP contribution in [0.2, 0.25) is 0 Å². The molecule has 0 aliphatic heterocycles. The summed E-state index contributed by atoms with van der Waals surface area (Å²) in [4.78, 5) is 19.9. The smallest absolute Gasteiger partial charge is 0.274 e. The van der Waals surface area contributed by atoms with Crippen LogP contribution in [0.4, 0.5) is 0 Å². The number of nitrogens with one attached hydrogen (secondary N) is 1. The predicted molar refractivity (Wildman–Crippen MR) is 95.9 cm³/mol. The summed E-state index contributed by atoms with van der Waals surface area (Å²) in [5.74, 6) is 0.749. The lowest BCUT2D eigenvalue weighted by Gasteiger charge is -2.08. The molecule has 0 radical (unpaired) electrons. The maximum Gasteiger partial charge on any atom is 0.274 e.